The quantitative estimate of drug-likeness (QED) is 0.908. The van der Waals surface area contributed by atoms with Crippen LogP contribution in [0.4, 0.5) is 10.2 Å². The van der Waals surface area contributed by atoms with Crippen LogP contribution in [0.2, 0.25) is 0 Å². The zero-order valence-corrected chi connectivity index (χ0v) is 11.4. The van der Waals surface area contributed by atoms with E-state index in [2.05, 4.69) is 9.97 Å². The van der Waals surface area contributed by atoms with Gasteiger partial charge in [0, 0.05) is 24.3 Å². The average Bonchev–Trinajstić information content (AvgIpc) is 2.44. The van der Waals surface area contributed by atoms with Crippen molar-refractivity contribution < 1.29 is 13.9 Å². The number of methoxy groups -OCH3 is 1. The van der Waals surface area contributed by atoms with E-state index in [0.29, 0.717) is 29.4 Å². The first-order chi connectivity index (χ1) is 9.63. The van der Waals surface area contributed by atoms with E-state index in [0.717, 1.165) is 0 Å². The van der Waals surface area contributed by atoms with Crippen molar-refractivity contribution in [3.8, 4) is 17.0 Å². The minimum atomic E-state index is -0.426. The lowest BCUT2D eigenvalue weighted by Gasteiger charge is -2.08. The summed E-state index contributed by atoms with van der Waals surface area (Å²) in [5.74, 6) is 0.726. The molecule has 0 fully saturated rings. The Balaban J connectivity index is 2.39. The van der Waals surface area contributed by atoms with Crippen molar-refractivity contribution in [3.05, 3.63) is 35.9 Å². The molecule has 0 unspecified atom stereocenters. The van der Waals surface area contributed by atoms with Crippen LogP contribution in [-0.2, 0) is 11.3 Å². The highest BCUT2D eigenvalue weighted by Gasteiger charge is 2.11. The molecule has 2 N–H and O–H groups in total. The Morgan fingerprint density at radius 2 is 2.05 bits per heavy atom. The summed E-state index contributed by atoms with van der Waals surface area (Å²) in [6, 6.07) is 6.09. The number of halogens is 1. The van der Waals surface area contributed by atoms with Crippen LogP contribution in [0.15, 0.2) is 24.3 Å². The first kappa shape index (κ1) is 14.2. The molecule has 0 aliphatic carbocycles. The molecule has 0 spiro atoms. The fourth-order valence-corrected chi connectivity index (χ4v) is 1.74. The molecule has 0 aliphatic heterocycles. The Kier molecular flexibility index (Phi) is 4.47. The van der Waals surface area contributed by atoms with E-state index in [-0.39, 0.29) is 12.4 Å². The summed E-state index contributed by atoms with van der Waals surface area (Å²) < 4.78 is 24.2. The van der Waals surface area contributed by atoms with Crippen molar-refractivity contribution in [2.75, 3.05) is 19.5 Å². The van der Waals surface area contributed by atoms with Gasteiger partial charge in [-0.25, -0.2) is 14.4 Å². The second-order valence-electron chi connectivity index (χ2n) is 4.08. The molecule has 0 bridgehead atoms. The third-order valence-corrected chi connectivity index (χ3v) is 2.68. The maximum atomic E-state index is 14.0. The third kappa shape index (κ3) is 3.21. The topological polar surface area (TPSA) is 70.3 Å². The monoisotopic (exact) mass is 277 g/mol. The van der Waals surface area contributed by atoms with Gasteiger partial charge in [0.2, 0.25) is 0 Å². The van der Waals surface area contributed by atoms with Crippen LogP contribution in [0.25, 0.3) is 11.3 Å². The highest BCUT2D eigenvalue weighted by atomic mass is 19.1. The molecule has 0 saturated heterocycles. The number of anilines is 1. The van der Waals surface area contributed by atoms with Gasteiger partial charge in [-0.05, 0) is 19.1 Å². The first-order valence-electron chi connectivity index (χ1n) is 6.19. The van der Waals surface area contributed by atoms with Crippen molar-refractivity contribution in [2.45, 2.75) is 13.5 Å². The SMILES string of the molecule is CCOCc1nc(N)cc(-c2ccc(OC)cc2F)n1. The number of aromatic nitrogens is 2. The zero-order valence-electron chi connectivity index (χ0n) is 11.4. The fraction of sp³-hybridized carbons (Fsp3) is 0.286. The van der Waals surface area contributed by atoms with Gasteiger partial charge in [0.05, 0.1) is 12.8 Å². The summed E-state index contributed by atoms with van der Waals surface area (Å²) in [5.41, 5.74) is 6.49. The highest BCUT2D eigenvalue weighted by molar-refractivity contribution is 5.63. The number of ether oxygens (including phenoxy) is 2. The number of hydrogen-bond donors (Lipinski definition) is 1. The van der Waals surface area contributed by atoms with Crippen molar-refractivity contribution >= 4 is 5.82 Å². The van der Waals surface area contributed by atoms with E-state index >= 15 is 0 Å². The molecule has 1 aromatic heterocycles. The average molecular weight is 277 g/mol. The van der Waals surface area contributed by atoms with Crippen LogP contribution in [0.5, 0.6) is 5.75 Å². The Morgan fingerprint density at radius 3 is 2.70 bits per heavy atom. The van der Waals surface area contributed by atoms with E-state index in [1.807, 2.05) is 6.92 Å². The van der Waals surface area contributed by atoms with Crippen LogP contribution < -0.4 is 10.5 Å². The smallest absolute Gasteiger partial charge is 0.157 e. The number of hydrogen-bond acceptors (Lipinski definition) is 5. The van der Waals surface area contributed by atoms with Gasteiger partial charge in [0.15, 0.2) is 5.82 Å². The van der Waals surface area contributed by atoms with Gasteiger partial charge in [-0.2, -0.15) is 0 Å². The van der Waals surface area contributed by atoms with E-state index in [1.54, 1.807) is 12.1 Å². The van der Waals surface area contributed by atoms with Crippen molar-refractivity contribution in [1.29, 1.82) is 0 Å². The van der Waals surface area contributed by atoms with Gasteiger partial charge in [0.1, 0.15) is 24.0 Å². The van der Waals surface area contributed by atoms with Crippen molar-refractivity contribution in [3.63, 3.8) is 0 Å². The summed E-state index contributed by atoms with van der Waals surface area (Å²) in [7, 11) is 1.48. The number of benzene rings is 1. The predicted octanol–water partition coefficient (Wildman–Crippen LogP) is 2.41. The molecule has 5 nitrogen and oxygen atoms in total. The Morgan fingerprint density at radius 1 is 1.25 bits per heavy atom. The second-order valence-corrected chi connectivity index (χ2v) is 4.08. The van der Waals surface area contributed by atoms with Gasteiger partial charge in [-0.1, -0.05) is 0 Å². The number of nitrogens with two attached hydrogens (primary N) is 1. The standard InChI is InChI=1S/C14H16FN3O2/c1-3-20-8-14-17-12(7-13(16)18-14)10-5-4-9(19-2)6-11(10)15/h4-7H,3,8H2,1-2H3,(H2,16,17,18). The molecule has 6 heteroatoms. The first-order valence-corrected chi connectivity index (χ1v) is 6.19. The summed E-state index contributed by atoms with van der Waals surface area (Å²) in [6.45, 7) is 2.66. The normalized spacial score (nSPS) is 10.6. The third-order valence-electron chi connectivity index (χ3n) is 2.68. The maximum Gasteiger partial charge on any atom is 0.157 e. The van der Waals surface area contributed by atoms with Crippen LogP contribution in [-0.4, -0.2) is 23.7 Å². The van der Waals surface area contributed by atoms with Crippen LogP contribution >= 0.6 is 0 Å². The maximum absolute atomic E-state index is 14.0. The molecule has 0 atom stereocenters. The van der Waals surface area contributed by atoms with Gasteiger partial charge >= 0.3 is 0 Å². The highest BCUT2D eigenvalue weighted by Crippen LogP contribution is 2.25. The van der Waals surface area contributed by atoms with E-state index in [9.17, 15) is 4.39 Å². The second kappa shape index (κ2) is 6.29. The molecule has 106 valence electrons. The molecule has 0 saturated carbocycles. The Labute approximate surface area is 116 Å². The summed E-state index contributed by atoms with van der Waals surface area (Å²) in [6.07, 6.45) is 0. The lowest BCUT2D eigenvalue weighted by molar-refractivity contribution is 0.128. The lowest BCUT2D eigenvalue weighted by atomic mass is 10.1. The fourth-order valence-electron chi connectivity index (χ4n) is 1.74. The van der Waals surface area contributed by atoms with Gasteiger partial charge in [-0.3, -0.25) is 0 Å². The van der Waals surface area contributed by atoms with Crippen molar-refractivity contribution in [2.24, 2.45) is 0 Å². The summed E-state index contributed by atoms with van der Waals surface area (Å²) in [5, 5.41) is 0. The molecule has 0 aliphatic rings. The zero-order chi connectivity index (χ0) is 14.5. The number of nitrogens with zero attached hydrogens (tertiary/aromatic N) is 2. The van der Waals surface area contributed by atoms with E-state index in [4.69, 9.17) is 15.2 Å². The van der Waals surface area contributed by atoms with Gasteiger partial charge in [-0.15, -0.1) is 0 Å². The molecule has 1 aromatic carbocycles. The molecule has 0 amide bonds. The largest absolute Gasteiger partial charge is 0.497 e. The molecule has 2 rings (SSSR count). The Bertz CT molecular complexity index is 605. The van der Waals surface area contributed by atoms with Crippen LogP contribution in [0, 0.1) is 5.82 Å². The van der Waals surface area contributed by atoms with Gasteiger partial charge < -0.3 is 15.2 Å². The summed E-state index contributed by atoms with van der Waals surface area (Å²) >= 11 is 0. The molecule has 20 heavy (non-hydrogen) atoms. The summed E-state index contributed by atoms with van der Waals surface area (Å²) in [4.78, 5) is 8.32. The minimum absolute atomic E-state index is 0.242. The molecular weight excluding hydrogens is 261 g/mol. The van der Waals surface area contributed by atoms with E-state index < -0.39 is 5.82 Å². The lowest BCUT2D eigenvalue weighted by Crippen LogP contribution is -2.04. The molecule has 0 radical (unpaired) electrons. The van der Waals surface area contributed by atoms with Crippen LogP contribution in [0.3, 0.4) is 0 Å². The predicted molar refractivity (Wildman–Crippen MR) is 73.7 cm³/mol. The Hall–Kier alpha value is -2.21. The minimum Gasteiger partial charge on any atom is -0.497 e. The molecular formula is C14H16FN3O2. The molecule has 1 heterocycles. The number of nitrogen functional groups attached to an aromatic ring is 1. The van der Waals surface area contributed by atoms with Crippen LogP contribution in [0.1, 0.15) is 12.7 Å². The number of rotatable bonds is 5. The van der Waals surface area contributed by atoms with E-state index in [1.165, 1.54) is 19.2 Å². The molecule has 2 aromatic rings. The van der Waals surface area contributed by atoms with Crippen molar-refractivity contribution in [1.82, 2.24) is 9.97 Å². The van der Waals surface area contributed by atoms with Gasteiger partial charge in [0.25, 0.3) is 0 Å².